The number of benzene rings is 1. The fourth-order valence-electron chi connectivity index (χ4n) is 1.92. The molecule has 2 rings (SSSR count). The van der Waals surface area contributed by atoms with Crippen molar-refractivity contribution < 1.29 is 4.74 Å². The van der Waals surface area contributed by atoms with Gasteiger partial charge in [-0.1, -0.05) is 18.3 Å². The lowest BCUT2D eigenvalue weighted by atomic mass is 10.3. The van der Waals surface area contributed by atoms with Gasteiger partial charge < -0.3 is 21.5 Å². The summed E-state index contributed by atoms with van der Waals surface area (Å²) in [6.45, 7) is 5.73. The predicted octanol–water partition coefficient (Wildman–Crippen LogP) is 2.84. The molecule has 1 heterocycles. The molecule has 0 unspecified atom stereocenters. The van der Waals surface area contributed by atoms with Crippen molar-refractivity contribution in [2.75, 3.05) is 18.2 Å². The van der Waals surface area contributed by atoms with Crippen LogP contribution in [0.1, 0.15) is 12.7 Å². The third-order valence-corrected chi connectivity index (χ3v) is 3.88. The van der Waals surface area contributed by atoms with E-state index in [-0.39, 0.29) is 5.95 Å². The number of nitrogen functional groups attached to an aromatic ring is 1. The van der Waals surface area contributed by atoms with Gasteiger partial charge in [0, 0.05) is 11.4 Å². The van der Waals surface area contributed by atoms with Crippen LogP contribution in [0.25, 0.3) is 0 Å². The van der Waals surface area contributed by atoms with Gasteiger partial charge >= 0.3 is 0 Å². The van der Waals surface area contributed by atoms with E-state index in [0.717, 1.165) is 17.1 Å². The summed E-state index contributed by atoms with van der Waals surface area (Å²) < 4.78 is 5.13. The van der Waals surface area contributed by atoms with Crippen LogP contribution >= 0.6 is 11.8 Å². The number of nitrogens with two attached hydrogens (primary N) is 2. The molecule has 0 radical (unpaired) electrons. The van der Waals surface area contributed by atoms with Crippen LogP contribution < -0.4 is 21.5 Å². The fraction of sp³-hybridized carbons (Fsp3) is 0.176. The zero-order valence-corrected chi connectivity index (χ0v) is 15.5. The first-order valence-electron chi connectivity index (χ1n) is 7.67. The minimum absolute atomic E-state index is 0.142. The molecule has 0 spiro atoms. The zero-order valence-electron chi connectivity index (χ0n) is 14.6. The minimum atomic E-state index is 0.142. The van der Waals surface area contributed by atoms with Gasteiger partial charge in [0.1, 0.15) is 11.6 Å². The third kappa shape index (κ3) is 6.10. The highest BCUT2D eigenvalue weighted by molar-refractivity contribution is 8.02. The molecule has 0 aliphatic rings. The Bertz CT molecular complexity index is 818. The number of nitrogens with one attached hydrogen (secondary N) is 1. The van der Waals surface area contributed by atoms with Crippen molar-refractivity contribution in [1.82, 2.24) is 15.0 Å². The molecule has 0 aliphatic heterocycles. The van der Waals surface area contributed by atoms with Gasteiger partial charge in [-0.2, -0.15) is 15.0 Å². The van der Waals surface area contributed by atoms with E-state index in [1.54, 1.807) is 13.2 Å². The van der Waals surface area contributed by atoms with Crippen molar-refractivity contribution >= 4 is 35.1 Å². The molecule has 0 bridgehead atoms. The molecule has 0 saturated heterocycles. The molecule has 26 heavy (non-hydrogen) atoms. The van der Waals surface area contributed by atoms with Gasteiger partial charge in [-0.3, -0.25) is 0 Å². The Hall–Kier alpha value is -3.07. The van der Waals surface area contributed by atoms with Crippen LogP contribution in [0.2, 0.25) is 0 Å². The molecule has 9 heteroatoms. The number of nitrogens with zero attached hydrogens (tertiary/aromatic N) is 4. The summed E-state index contributed by atoms with van der Waals surface area (Å²) in [4.78, 5) is 16.9. The number of methoxy groups -OCH3 is 1. The Morgan fingerprint density at radius 3 is 2.69 bits per heavy atom. The average Bonchev–Trinajstić information content (AvgIpc) is 2.60. The number of thioether (sulfide) groups is 1. The normalized spacial score (nSPS) is 11.5. The fourth-order valence-corrected chi connectivity index (χ4v) is 2.55. The summed E-state index contributed by atoms with van der Waals surface area (Å²) in [5.41, 5.74) is 12.7. The number of anilines is 3. The van der Waals surface area contributed by atoms with Gasteiger partial charge in [-0.05, 0) is 43.5 Å². The van der Waals surface area contributed by atoms with E-state index in [2.05, 4.69) is 31.8 Å². The second-order valence-electron chi connectivity index (χ2n) is 5.08. The SMILES string of the molecule is C=C(N=C(C)/C=C\N)SCc1nc(N)nc(Nc2ccc(OC)cc2)n1. The van der Waals surface area contributed by atoms with Gasteiger partial charge in [-0.25, -0.2) is 4.99 Å². The second-order valence-corrected chi connectivity index (χ2v) is 6.13. The highest BCUT2D eigenvalue weighted by atomic mass is 32.2. The van der Waals surface area contributed by atoms with Gasteiger partial charge in [0.15, 0.2) is 0 Å². The minimum Gasteiger partial charge on any atom is -0.497 e. The van der Waals surface area contributed by atoms with E-state index >= 15 is 0 Å². The summed E-state index contributed by atoms with van der Waals surface area (Å²) in [5, 5.41) is 3.72. The first kappa shape index (κ1) is 19.3. The number of hydrogen-bond acceptors (Lipinski definition) is 9. The molecule has 0 atom stereocenters. The lowest BCUT2D eigenvalue weighted by Gasteiger charge is -2.08. The summed E-state index contributed by atoms with van der Waals surface area (Å²) >= 11 is 1.40. The summed E-state index contributed by atoms with van der Waals surface area (Å²) in [5.74, 6) is 2.27. The highest BCUT2D eigenvalue weighted by Crippen LogP contribution is 2.22. The van der Waals surface area contributed by atoms with Crippen molar-refractivity contribution in [1.29, 1.82) is 0 Å². The topological polar surface area (TPSA) is 124 Å². The molecule has 0 saturated carbocycles. The van der Waals surface area contributed by atoms with Crippen molar-refractivity contribution in [3.8, 4) is 5.75 Å². The molecule has 5 N–H and O–H groups in total. The standard InChI is InChI=1S/C17H21N7OS/c1-11(8-9-18)20-12(2)26-10-15-22-16(19)24-17(23-15)21-13-4-6-14(25-3)7-5-13/h4-9H,2,10,18H2,1,3H3,(H3,19,21,22,23,24)/b9-8-,20-11?. The quantitative estimate of drug-likeness (QED) is 0.605. The molecule has 136 valence electrons. The Labute approximate surface area is 156 Å². The molecule has 0 amide bonds. The number of hydrogen-bond donors (Lipinski definition) is 3. The molecule has 1 aromatic heterocycles. The Kier molecular flexibility index (Phi) is 6.98. The monoisotopic (exact) mass is 371 g/mol. The molecule has 0 fully saturated rings. The molecular formula is C17H21N7OS. The summed E-state index contributed by atoms with van der Waals surface area (Å²) in [6, 6.07) is 7.39. The first-order chi connectivity index (χ1) is 12.5. The van der Waals surface area contributed by atoms with E-state index in [4.69, 9.17) is 16.2 Å². The molecule has 1 aromatic carbocycles. The lowest BCUT2D eigenvalue weighted by Crippen LogP contribution is -2.06. The Morgan fingerprint density at radius 2 is 2.04 bits per heavy atom. The molecule has 8 nitrogen and oxygen atoms in total. The van der Waals surface area contributed by atoms with E-state index < -0.39 is 0 Å². The van der Waals surface area contributed by atoms with Crippen molar-refractivity contribution in [2.45, 2.75) is 12.7 Å². The highest BCUT2D eigenvalue weighted by Gasteiger charge is 2.06. The predicted molar refractivity (Wildman–Crippen MR) is 107 cm³/mol. The second kappa shape index (κ2) is 9.42. The number of ether oxygens (including phenoxy) is 1. The maximum atomic E-state index is 5.78. The third-order valence-electron chi connectivity index (χ3n) is 3.05. The van der Waals surface area contributed by atoms with E-state index in [9.17, 15) is 0 Å². The maximum Gasteiger partial charge on any atom is 0.232 e. The Morgan fingerprint density at radius 1 is 1.31 bits per heavy atom. The smallest absolute Gasteiger partial charge is 0.232 e. The van der Waals surface area contributed by atoms with E-state index in [1.165, 1.54) is 18.0 Å². The largest absolute Gasteiger partial charge is 0.497 e. The van der Waals surface area contributed by atoms with Crippen molar-refractivity contribution in [2.24, 2.45) is 10.7 Å². The zero-order chi connectivity index (χ0) is 18.9. The summed E-state index contributed by atoms with van der Waals surface area (Å²) in [6.07, 6.45) is 3.13. The van der Waals surface area contributed by atoms with Crippen molar-refractivity contribution in [3.63, 3.8) is 0 Å². The summed E-state index contributed by atoms with van der Waals surface area (Å²) in [7, 11) is 1.62. The number of rotatable bonds is 8. The molecule has 0 aliphatic carbocycles. The Balaban J connectivity index is 2.04. The van der Waals surface area contributed by atoms with Crippen LogP contribution in [0.5, 0.6) is 5.75 Å². The van der Waals surface area contributed by atoms with Gasteiger partial charge in [0.2, 0.25) is 11.9 Å². The van der Waals surface area contributed by atoms with Crippen LogP contribution in [0.3, 0.4) is 0 Å². The van der Waals surface area contributed by atoms with Crippen LogP contribution in [0.4, 0.5) is 17.6 Å². The van der Waals surface area contributed by atoms with Crippen LogP contribution in [-0.2, 0) is 5.75 Å². The van der Waals surface area contributed by atoms with Crippen LogP contribution in [0, 0.1) is 0 Å². The van der Waals surface area contributed by atoms with Crippen LogP contribution in [-0.4, -0.2) is 27.8 Å². The lowest BCUT2D eigenvalue weighted by molar-refractivity contribution is 0.415. The molecular weight excluding hydrogens is 350 g/mol. The maximum absolute atomic E-state index is 5.78. The van der Waals surface area contributed by atoms with E-state index in [1.807, 2.05) is 31.2 Å². The van der Waals surface area contributed by atoms with Crippen LogP contribution in [0.15, 0.2) is 53.1 Å². The van der Waals surface area contributed by atoms with Gasteiger partial charge in [0.25, 0.3) is 0 Å². The molecule has 2 aromatic rings. The van der Waals surface area contributed by atoms with Gasteiger partial charge in [-0.15, -0.1) is 0 Å². The number of allylic oxidation sites excluding steroid dienone is 1. The number of aliphatic imine (C=N–C) groups is 1. The van der Waals surface area contributed by atoms with Gasteiger partial charge in [0.05, 0.1) is 17.9 Å². The average molecular weight is 371 g/mol. The van der Waals surface area contributed by atoms with E-state index in [0.29, 0.717) is 22.6 Å². The first-order valence-corrected chi connectivity index (χ1v) is 8.65. The van der Waals surface area contributed by atoms with Crippen molar-refractivity contribution in [3.05, 3.63) is 54.0 Å². The number of aromatic nitrogens is 3.